The molecule has 2 heterocycles. The Balaban J connectivity index is 1.51. The third-order valence-corrected chi connectivity index (χ3v) is 4.74. The summed E-state index contributed by atoms with van der Waals surface area (Å²) in [5.74, 6) is -4.14. The molecule has 10 heteroatoms. The van der Waals surface area contributed by atoms with Crippen LogP contribution in [0.4, 0.5) is 20.2 Å². The second kappa shape index (κ2) is 7.04. The van der Waals surface area contributed by atoms with Crippen molar-refractivity contribution in [3.8, 4) is 0 Å². The van der Waals surface area contributed by atoms with Crippen molar-refractivity contribution in [1.29, 1.82) is 0 Å². The van der Waals surface area contributed by atoms with Crippen molar-refractivity contribution >= 4 is 29.1 Å². The molecule has 2 aliphatic heterocycles. The van der Waals surface area contributed by atoms with E-state index < -0.39 is 41.4 Å². The average molecular weight is 399 g/mol. The van der Waals surface area contributed by atoms with Gasteiger partial charge in [-0.15, -0.1) is 0 Å². The molecule has 4 rings (SSSR count). The number of carbonyl (C=O) groups excluding carboxylic acids is 3. The molecule has 2 aromatic carbocycles. The molecular weight excluding hydrogens is 384 g/mol. The highest BCUT2D eigenvalue weighted by Gasteiger charge is 2.55. The van der Waals surface area contributed by atoms with Gasteiger partial charge >= 0.3 is 0 Å². The van der Waals surface area contributed by atoms with Gasteiger partial charge in [-0.25, -0.2) is 13.7 Å². The van der Waals surface area contributed by atoms with Crippen LogP contribution in [0.3, 0.4) is 0 Å². The number of fused-ring (bicyclic) bond motifs is 1. The number of nitrogens with zero attached hydrogens (tertiary/aromatic N) is 4. The van der Waals surface area contributed by atoms with Gasteiger partial charge in [-0.2, -0.15) is 5.11 Å². The number of para-hydroxylation sites is 1. The monoisotopic (exact) mass is 399 g/mol. The summed E-state index contributed by atoms with van der Waals surface area (Å²) in [7, 11) is 0. The summed E-state index contributed by atoms with van der Waals surface area (Å²) < 4.78 is 26.7. The lowest BCUT2D eigenvalue weighted by Crippen LogP contribution is -2.43. The smallest absolute Gasteiger partial charge is 0.263 e. The molecular formula is C19H15F2N5O3. The van der Waals surface area contributed by atoms with Crippen molar-refractivity contribution in [2.75, 3.05) is 16.8 Å². The Morgan fingerprint density at radius 2 is 1.86 bits per heavy atom. The lowest BCUT2D eigenvalue weighted by atomic mass is 10.1. The van der Waals surface area contributed by atoms with Gasteiger partial charge in [0.25, 0.3) is 11.8 Å². The van der Waals surface area contributed by atoms with Gasteiger partial charge in [0.1, 0.15) is 6.54 Å². The molecule has 8 nitrogen and oxygen atoms in total. The van der Waals surface area contributed by atoms with Crippen LogP contribution in [0.2, 0.25) is 0 Å². The van der Waals surface area contributed by atoms with Gasteiger partial charge < -0.3 is 5.32 Å². The van der Waals surface area contributed by atoms with Gasteiger partial charge in [-0.3, -0.25) is 19.4 Å². The third-order valence-electron chi connectivity index (χ3n) is 4.74. The number of rotatable bonds is 4. The maximum Gasteiger partial charge on any atom is 0.263 e. The molecule has 2 aliphatic rings. The Kier molecular flexibility index (Phi) is 4.53. The Bertz CT molecular complexity index is 1060. The minimum absolute atomic E-state index is 0.104. The van der Waals surface area contributed by atoms with Crippen molar-refractivity contribution < 1.29 is 23.2 Å². The number of halogens is 2. The van der Waals surface area contributed by atoms with Gasteiger partial charge in [-0.1, -0.05) is 23.4 Å². The van der Waals surface area contributed by atoms with Gasteiger partial charge in [0.15, 0.2) is 23.7 Å². The van der Waals surface area contributed by atoms with Crippen LogP contribution in [-0.4, -0.2) is 41.4 Å². The molecule has 0 aliphatic carbocycles. The first-order valence-corrected chi connectivity index (χ1v) is 8.72. The van der Waals surface area contributed by atoms with E-state index in [9.17, 15) is 23.2 Å². The minimum atomic E-state index is -1.18. The molecule has 0 radical (unpaired) electrons. The van der Waals surface area contributed by atoms with Crippen molar-refractivity contribution in [3.05, 3.63) is 59.7 Å². The van der Waals surface area contributed by atoms with Crippen LogP contribution in [-0.2, 0) is 14.4 Å². The Morgan fingerprint density at radius 3 is 2.59 bits per heavy atom. The average Bonchev–Trinajstić information content (AvgIpc) is 3.20. The summed E-state index contributed by atoms with van der Waals surface area (Å²) in [5, 5.41) is 11.4. The number of benzene rings is 2. The predicted molar refractivity (Wildman–Crippen MR) is 97.8 cm³/mol. The van der Waals surface area contributed by atoms with E-state index in [1.807, 2.05) is 19.1 Å². The molecule has 29 heavy (non-hydrogen) atoms. The first kappa shape index (κ1) is 18.7. The highest BCUT2D eigenvalue weighted by atomic mass is 19.2. The van der Waals surface area contributed by atoms with Crippen LogP contribution in [0.5, 0.6) is 0 Å². The molecule has 0 bridgehead atoms. The first-order valence-electron chi connectivity index (χ1n) is 8.72. The topological polar surface area (TPSA) is 94.4 Å². The quantitative estimate of drug-likeness (QED) is 0.798. The highest BCUT2D eigenvalue weighted by molar-refractivity contribution is 6.25. The van der Waals surface area contributed by atoms with E-state index in [0.717, 1.165) is 33.7 Å². The summed E-state index contributed by atoms with van der Waals surface area (Å²) in [4.78, 5) is 38.5. The number of hydrogen-bond donors (Lipinski definition) is 1. The number of amides is 3. The zero-order valence-corrected chi connectivity index (χ0v) is 15.2. The molecule has 148 valence electrons. The van der Waals surface area contributed by atoms with Crippen LogP contribution in [0.25, 0.3) is 0 Å². The van der Waals surface area contributed by atoms with Gasteiger partial charge in [-0.05, 0) is 30.7 Å². The van der Waals surface area contributed by atoms with E-state index in [1.165, 1.54) is 0 Å². The van der Waals surface area contributed by atoms with Crippen molar-refractivity contribution in [2.24, 2.45) is 10.3 Å². The van der Waals surface area contributed by atoms with E-state index in [1.54, 1.807) is 12.1 Å². The van der Waals surface area contributed by atoms with E-state index in [2.05, 4.69) is 15.7 Å². The van der Waals surface area contributed by atoms with E-state index in [0.29, 0.717) is 5.69 Å². The number of imide groups is 1. The fraction of sp³-hybridized carbons (Fsp3) is 0.211. The number of carbonyl (C=O) groups is 3. The molecule has 0 spiro atoms. The highest BCUT2D eigenvalue weighted by Crippen LogP contribution is 2.32. The number of hydrogen-bond acceptors (Lipinski definition) is 6. The van der Waals surface area contributed by atoms with Crippen molar-refractivity contribution in [3.63, 3.8) is 0 Å². The first-order chi connectivity index (χ1) is 13.9. The van der Waals surface area contributed by atoms with Crippen LogP contribution in [0.1, 0.15) is 5.56 Å². The standard InChI is InChI=1S/C19H15F2N5O3/c1-10-4-2-3-5-14(10)22-15(27)9-25-17-16(23-24-25)18(28)26(19(17)29)11-6-7-12(20)13(21)8-11/h2-8,16-17H,9H2,1H3,(H,22,27)/t16-,17+/m0/s1. The summed E-state index contributed by atoms with van der Waals surface area (Å²) >= 11 is 0. The lowest BCUT2D eigenvalue weighted by molar-refractivity contribution is -0.123. The fourth-order valence-corrected chi connectivity index (χ4v) is 3.28. The zero-order chi connectivity index (χ0) is 20.7. The summed E-state index contributed by atoms with van der Waals surface area (Å²) in [6, 6.07) is 7.64. The molecule has 1 N–H and O–H groups in total. The summed E-state index contributed by atoms with van der Waals surface area (Å²) in [6.45, 7) is 1.53. The molecule has 0 saturated carbocycles. The van der Waals surface area contributed by atoms with Crippen LogP contribution in [0, 0.1) is 18.6 Å². The number of anilines is 2. The third kappa shape index (κ3) is 3.22. The van der Waals surface area contributed by atoms with Crippen molar-refractivity contribution in [2.45, 2.75) is 19.0 Å². The van der Waals surface area contributed by atoms with E-state index >= 15 is 0 Å². The molecule has 3 amide bonds. The van der Waals surface area contributed by atoms with Gasteiger partial charge in [0.2, 0.25) is 5.91 Å². The van der Waals surface area contributed by atoms with Gasteiger partial charge in [0.05, 0.1) is 5.69 Å². The molecule has 2 atom stereocenters. The number of aryl methyl sites for hydroxylation is 1. The largest absolute Gasteiger partial charge is 0.324 e. The van der Waals surface area contributed by atoms with E-state index in [4.69, 9.17) is 0 Å². The van der Waals surface area contributed by atoms with Crippen LogP contribution in [0.15, 0.2) is 52.8 Å². The van der Waals surface area contributed by atoms with Gasteiger partial charge in [0, 0.05) is 11.8 Å². The Morgan fingerprint density at radius 1 is 1.10 bits per heavy atom. The minimum Gasteiger partial charge on any atom is -0.324 e. The Hall–Kier alpha value is -3.69. The van der Waals surface area contributed by atoms with Crippen LogP contribution < -0.4 is 10.2 Å². The Labute approximate surface area is 163 Å². The maximum absolute atomic E-state index is 13.5. The predicted octanol–water partition coefficient (Wildman–Crippen LogP) is 2.21. The van der Waals surface area contributed by atoms with Crippen molar-refractivity contribution in [1.82, 2.24) is 5.01 Å². The fourth-order valence-electron chi connectivity index (χ4n) is 3.28. The molecule has 0 aromatic heterocycles. The van der Waals surface area contributed by atoms with E-state index in [-0.39, 0.29) is 12.2 Å². The lowest BCUT2D eigenvalue weighted by Gasteiger charge is -2.20. The molecule has 2 aromatic rings. The normalized spacial score (nSPS) is 20.4. The summed E-state index contributed by atoms with van der Waals surface area (Å²) in [5.41, 5.74) is 1.37. The SMILES string of the molecule is Cc1ccccc1NC(=O)CN1N=N[C@@H]2C(=O)N(c3ccc(F)c(F)c3)C(=O)[C@@H]21. The molecule has 1 saturated heterocycles. The second-order valence-electron chi connectivity index (χ2n) is 6.67. The second-order valence-corrected chi connectivity index (χ2v) is 6.67. The van der Waals surface area contributed by atoms with Crippen LogP contribution >= 0.6 is 0 Å². The maximum atomic E-state index is 13.5. The zero-order valence-electron chi connectivity index (χ0n) is 15.2. The summed E-state index contributed by atoms with van der Waals surface area (Å²) in [6.07, 6.45) is 0. The molecule has 1 fully saturated rings. The number of nitrogens with one attached hydrogen (secondary N) is 1. The molecule has 0 unspecified atom stereocenters.